The molecule has 0 saturated carbocycles. The number of halogens is 3. The maximum atomic E-state index is 13.1. The van der Waals surface area contributed by atoms with Gasteiger partial charge in [0.1, 0.15) is 11.6 Å². The minimum Gasteiger partial charge on any atom is -0.507 e. The maximum absolute atomic E-state index is 13.1. The predicted molar refractivity (Wildman–Crippen MR) is 80.4 cm³/mol. The van der Waals surface area contributed by atoms with Crippen molar-refractivity contribution in [3.63, 3.8) is 0 Å². The number of phenols is 1. The highest BCUT2D eigenvalue weighted by molar-refractivity contribution is 6.35. The van der Waals surface area contributed by atoms with Crippen LogP contribution >= 0.6 is 23.2 Å². The minimum absolute atomic E-state index is 0.132. The highest BCUT2D eigenvalue weighted by atomic mass is 35.5. The summed E-state index contributed by atoms with van der Waals surface area (Å²) in [6.45, 7) is 1.73. The van der Waals surface area contributed by atoms with E-state index in [4.69, 9.17) is 23.2 Å². The van der Waals surface area contributed by atoms with Crippen LogP contribution in [-0.2, 0) is 0 Å². The number of rotatable bonds is 3. The van der Waals surface area contributed by atoms with Crippen LogP contribution in [0.15, 0.2) is 36.4 Å². The van der Waals surface area contributed by atoms with Gasteiger partial charge in [0.05, 0.1) is 11.6 Å². The van der Waals surface area contributed by atoms with Gasteiger partial charge in [0.25, 0.3) is 5.91 Å². The van der Waals surface area contributed by atoms with E-state index in [1.54, 1.807) is 25.1 Å². The van der Waals surface area contributed by atoms with E-state index in [0.29, 0.717) is 15.6 Å². The SMILES string of the molecule is CC(NC(=O)c1cc(F)ccc1O)c1ccc(Cl)cc1Cl. The lowest BCUT2D eigenvalue weighted by Gasteiger charge is -2.16. The number of carbonyl (C=O) groups is 1. The molecule has 2 rings (SSSR count). The number of aromatic hydroxyl groups is 1. The zero-order chi connectivity index (χ0) is 15.6. The second-order valence-electron chi connectivity index (χ2n) is 4.52. The molecule has 0 radical (unpaired) electrons. The molecule has 6 heteroatoms. The van der Waals surface area contributed by atoms with Gasteiger partial charge in [-0.05, 0) is 42.8 Å². The molecule has 0 aliphatic rings. The summed E-state index contributed by atoms with van der Waals surface area (Å²) in [4.78, 5) is 12.1. The van der Waals surface area contributed by atoms with Crippen molar-refractivity contribution in [1.82, 2.24) is 5.32 Å². The first kappa shape index (κ1) is 15.6. The van der Waals surface area contributed by atoms with Crippen LogP contribution in [0.5, 0.6) is 5.75 Å². The molecule has 2 aromatic carbocycles. The second kappa shape index (κ2) is 6.33. The summed E-state index contributed by atoms with van der Waals surface area (Å²) in [5.74, 6) is -1.48. The molecular formula is C15H12Cl2FNO2. The van der Waals surface area contributed by atoms with Crippen LogP contribution in [0.2, 0.25) is 10.0 Å². The van der Waals surface area contributed by atoms with Crippen LogP contribution in [0.25, 0.3) is 0 Å². The quantitative estimate of drug-likeness (QED) is 0.881. The standard InChI is InChI=1S/C15H12Cl2FNO2/c1-8(11-4-2-9(16)6-13(11)17)19-15(21)12-7-10(18)3-5-14(12)20/h2-8,20H,1H3,(H,19,21). The third-order valence-electron chi connectivity index (χ3n) is 2.98. The average Bonchev–Trinajstić information content (AvgIpc) is 2.41. The summed E-state index contributed by atoms with van der Waals surface area (Å²) in [6.07, 6.45) is 0. The van der Waals surface area contributed by atoms with Crippen molar-refractivity contribution >= 4 is 29.1 Å². The fourth-order valence-corrected chi connectivity index (χ4v) is 2.47. The fraction of sp³-hybridized carbons (Fsp3) is 0.133. The number of benzene rings is 2. The molecule has 1 atom stereocenters. The molecule has 3 nitrogen and oxygen atoms in total. The number of carbonyl (C=O) groups excluding carboxylic acids is 1. The number of phenolic OH excluding ortho intramolecular Hbond substituents is 1. The predicted octanol–water partition coefficient (Wildman–Crippen LogP) is 4.33. The minimum atomic E-state index is -0.602. The van der Waals surface area contributed by atoms with Gasteiger partial charge >= 0.3 is 0 Å². The topological polar surface area (TPSA) is 49.3 Å². The first-order chi connectivity index (χ1) is 9.88. The lowest BCUT2D eigenvalue weighted by Crippen LogP contribution is -2.27. The summed E-state index contributed by atoms with van der Waals surface area (Å²) < 4.78 is 13.1. The van der Waals surface area contributed by atoms with Gasteiger partial charge in [0, 0.05) is 10.0 Å². The average molecular weight is 328 g/mol. The van der Waals surface area contributed by atoms with Crippen LogP contribution < -0.4 is 5.32 Å². The molecule has 0 heterocycles. The van der Waals surface area contributed by atoms with Gasteiger partial charge in [0.2, 0.25) is 0 Å². The molecular weight excluding hydrogens is 316 g/mol. The summed E-state index contributed by atoms with van der Waals surface area (Å²) in [5.41, 5.74) is 0.539. The van der Waals surface area contributed by atoms with Gasteiger partial charge in [-0.2, -0.15) is 0 Å². The first-order valence-electron chi connectivity index (χ1n) is 6.13. The van der Waals surface area contributed by atoms with Crippen LogP contribution in [0, 0.1) is 5.82 Å². The summed E-state index contributed by atoms with van der Waals surface area (Å²) >= 11 is 11.9. The van der Waals surface area contributed by atoms with E-state index in [1.165, 1.54) is 0 Å². The molecule has 0 saturated heterocycles. The van der Waals surface area contributed by atoms with Crippen molar-refractivity contribution in [1.29, 1.82) is 0 Å². The van der Waals surface area contributed by atoms with Gasteiger partial charge in [-0.15, -0.1) is 0 Å². The van der Waals surface area contributed by atoms with Crippen molar-refractivity contribution < 1.29 is 14.3 Å². The Hall–Kier alpha value is -1.78. The Bertz CT molecular complexity index is 691. The third-order valence-corrected chi connectivity index (χ3v) is 3.54. The van der Waals surface area contributed by atoms with Gasteiger partial charge in [-0.3, -0.25) is 4.79 Å². The summed E-state index contributed by atoms with van der Waals surface area (Å²) in [6, 6.07) is 7.67. The van der Waals surface area contributed by atoms with E-state index >= 15 is 0 Å². The van der Waals surface area contributed by atoms with E-state index in [-0.39, 0.29) is 11.3 Å². The number of hydrogen-bond acceptors (Lipinski definition) is 2. The van der Waals surface area contributed by atoms with Crippen molar-refractivity contribution in [2.45, 2.75) is 13.0 Å². The van der Waals surface area contributed by atoms with Gasteiger partial charge in [0.15, 0.2) is 0 Å². The molecule has 110 valence electrons. The third kappa shape index (κ3) is 3.65. The molecule has 0 aliphatic carbocycles. The Morgan fingerprint density at radius 1 is 1.24 bits per heavy atom. The number of nitrogens with one attached hydrogen (secondary N) is 1. The van der Waals surface area contributed by atoms with E-state index in [9.17, 15) is 14.3 Å². The Balaban J connectivity index is 2.20. The highest BCUT2D eigenvalue weighted by Gasteiger charge is 2.17. The van der Waals surface area contributed by atoms with Crippen molar-refractivity contribution in [3.05, 3.63) is 63.4 Å². The zero-order valence-electron chi connectivity index (χ0n) is 11.0. The fourth-order valence-electron chi connectivity index (χ4n) is 1.89. The number of hydrogen-bond donors (Lipinski definition) is 2. The van der Waals surface area contributed by atoms with Crippen LogP contribution in [0.3, 0.4) is 0 Å². The monoisotopic (exact) mass is 327 g/mol. The molecule has 0 aliphatic heterocycles. The van der Waals surface area contributed by atoms with E-state index in [2.05, 4.69) is 5.32 Å². The molecule has 0 fully saturated rings. The molecule has 0 spiro atoms. The lowest BCUT2D eigenvalue weighted by atomic mass is 10.1. The Kier molecular flexibility index (Phi) is 4.70. The summed E-state index contributed by atoms with van der Waals surface area (Å²) in [5, 5.41) is 13.2. The Labute approximate surface area is 131 Å². The molecule has 1 amide bonds. The van der Waals surface area contributed by atoms with Gasteiger partial charge < -0.3 is 10.4 Å². The maximum Gasteiger partial charge on any atom is 0.255 e. The van der Waals surface area contributed by atoms with E-state index in [1.807, 2.05) is 0 Å². The lowest BCUT2D eigenvalue weighted by molar-refractivity contribution is 0.0936. The van der Waals surface area contributed by atoms with Crippen molar-refractivity contribution in [2.24, 2.45) is 0 Å². The largest absolute Gasteiger partial charge is 0.507 e. The van der Waals surface area contributed by atoms with Crippen LogP contribution in [-0.4, -0.2) is 11.0 Å². The van der Waals surface area contributed by atoms with Crippen LogP contribution in [0.1, 0.15) is 28.9 Å². The number of amides is 1. The first-order valence-corrected chi connectivity index (χ1v) is 6.88. The van der Waals surface area contributed by atoms with Gasteiger partial charge in [-0.25, -0.2) is 4.39 Å². The van der Waals surface area contributed by atoms with Gasteiger partial charge in [-0.1, -0.05) is 29.3 Å². The van der Waals surface area contributed by atoms with E-state index in [0.717, 1.165) is 18.2 Å². The highest BCUT2D eigenvalue weighted by Crippen LogP contribution is 2.27. The molecule has 0 aromatic heterocycles. The Morgan fingerprint density at radius 2 is 1.95 bits per heavy atom. The summed E-state index contributed by atoms with van der Waals surface area (Å²) in [7, 11) is 0. The van der Waals surface area contributed by atoms with Crippen LogP contribution in [0.4, 0.5) is 4.39 Å². The Morgan fingerprint density at radius 3 is 2.62 bits per heavy atom. The van der Waals surface area contributed by atoms with E-state index < -0.39 is 17.8 Å². The second-order valence-corrected chi connectivity index (χ2v) is 5.37. The molecule has 21 heavy (non-hydrogen) atoms. The molecule has 2 aromatic rings. The zero-order valence-corrected chi connectivity index (χ0v) is 12.5. The molecule has 0 bridgehead atoms. The normalized spacial score (nSPS) is 12.0. The van der Waals surface area contributed by atoms with Crippen molar-refractivity contribution in [3.8, 4) is 5.75 Å². The smallest absolute Gasteiger partial charge is 0.255 e. The molecule has 2 N–H and O–H groups in total. The van der Waals surface area contributed by atoms with Crippen molar-refractivity contribution in [2.75, 3.05) is 0 Å². The molecule has 1 unspecified atom stereocenters.